The molecule has 0 aromatic heterocycles. The monoisotopic (exact) mass is 373 g/mol. The molecular formula is C20H21F2N3O2. The van der Waals surface area contributed by atoms with Crippen LogP contribution < -0.4 is 10.2 Å². The first-order valence-corrected chi connectivity index (χ1v) is 8.87. The zero-order valence-corrected chi connectivity index (χ0v) is 14.8. The molecule has 0 radical (unpaired) electrons. The van der Waals surface area contributed by atoms with Crippen LogP contribution in [0.2, 0.25) is 0 Å². The predicted molar refractivity (Wildman–Crippen MR) is 98.4 cm³/mol. The van der Waals surface area contributed by atoms with Gasteiger partial charge in [0, 0.05) is 31.4 Å². The van der Waals surface area contributed by atoms with E-state index in [1.807, 2.05) is 30.3 Å². The Morgan fingerprint density at radius 3 is 2.56 bits per heavy atom. The molecule has 7 heteroatoms. The molecule has 1 aliphatic rings. The summed E-state index contributed by atoms with van der Waals surface area (Å²) in [5, 5.41) is 2.81. The van der Waals surface area contributed by atoms with E-state index in [9.17, 15) is 18.4 Å². The van der Waals surface area contributed by atoms with Crippen molar-refractivity contribution in [1.82, 2.24) is 10.2 Å². The van der Waals surface area contributed by atoms with E-state index in [-0.39, 0.29) is 24.2 Å². The number of halogens is 2. The van der Waals surface area contributed by atoms with Crippen LogP contribution in [-0.2, 0) is 11.2 Å². The van der Waals surface area contributed by atoms with E-state index in [4.69, 9.17) is 0 Å². The van der Waals surface area contributed by atoms with E-state index in [1.165, 1.54) is 21.4 Å². The second-order valence-corrected chi connectivity index (χ2v) is 6.39. The molecule has 5 nitrogen and oxygen atoms in total. The standard InChI is InChI=1S/C20H21F2N3O2/c21-17-9-8-16(13-18(17)22)25-12-11-24(20(25)27)14-19(26)23-10-4-7-15-5-2-1-3-6-15/h1-3,5-6,8-9,13H,4,7,10-12,14H2,(H,23,26). The molecule has 0 bridgehead atoms. The van der Waals surface area contributed by atoms with Gasteiger partial charge in [-0.05, 0) is 30.5 Å². The van der Waals surface area contributed by atoms with Crippen molar-refractivity contribution in [2.75, 3.05) is 31.1 Å². The number of nitrogens with zero attached hydrogens (tertiary/aromatic N) is 2. The average Bonchev–Trinajstić information content (AvgIpc) is 3.02. The number of urea groups is 1. The molecule has 1 heterocycles. The van der Waals surface area contributed by atoms with Crippen LogP contribution in [0.25, 0.3) is 0 Å². The molecular weight excluding hydrogens is 352 g/mol. The van der Waals surface area contributed by atoms with Crippen LogP contribution in [0.1, 0.15) is 12.0 Å². The van der Waals surface area contributed by atoms with Gasteiger partial charge in [-0.1, -0.05) is 30.3 Å². The zero-order valence-electron chi connectivity index (χ0n) is 14.8. The van der Waals surface area contributed by atoms with Crippen molar-refractivity contribution < 1.29 is 18.4 Å². The van der Waals surface area contributed by atoms with Crippen molar-refractivity contribution in [2.24, 2.45) is 0 Å². The summed E-state index contributed by atoms with van der Waals surface area (Å²) in [6.45, 7) is 1.16. The lowest BCUT2D eigenvalue weighted by Crippen LogP contribution is -2.40. The SMILES string of the molecule is O=C(CN1CCN(c2ccc(F)c(F)c2)C1=O)NCCCc1ccccc1. The normalized spacial score (nSPS) is 13.9. The second-order valence-electron chi connectivity index (χ2n) is 6.39. The number of rotatable bonds is 7. The van der Waals surface area contributed by atoms with Gasteiger partial charge in [0.1, 0.15) is 6.54 Å². The fourth-order valence-corrected chi connectivity index (χ4v) is 3.02. The molecule has 3 amide bonds. The molecule has 1 fully saturated rings. The Balaban J connectivity index is 1.44. The summed E-state index contributed by atoms with van der Waals surface area (Å²) < 4.78 is 26.4. The molecule has 27 heavy (non-hydrogen) atoms. The van der Waals surface area contributed by atoms with E-state index < -0.39 is 11.6 Å². The highest BCUT2D eigenvalue weighted by molar-refractivity contribution is 5.96. The highest BCUT2D eigenvalue weighted by atomic mass is 19.2. The van der Waals surface area contributed by atoms with Gasteiger partial charge in [0.2, 0.25) is 5.91 Å². The fourth-order valence-electron chi connectivity index (χ4n) is 3.02. The molecule has 3 rings (SSSR count). The van der Waals surface area contributed by atoms with E-state index >= 15 is 0 Å². The molecule has 1 N–H and O–H groups in total. The molecule has 1 aliphatic heterocycles. The predicted octanol–water partition coefficient (Wildman–Crippen LogP) is 2.96. The van der Waals surface area contributed by atoms with E-state index in [0.29, 0.717) is 19.6 Å². The van der Waals surface area contributed by atoms with Crippen LogP contribution in [0.15, 0.2) is 48.5 Å². The quantitative estimate of drug-likeness (QED) is 0.759. The number of carbonyl (C=O) groups is 2. The van der Waals surface area contributed by atoms with Crippen molar-refractivity contribution in [3.05, 3.63) is 65.7 Å². The average molecular weight is 373 g/mol. The summed E-state index contributed by atoms with van der Waals surface area (Å²) >= 11 is 0. The van der Waals surface area contributed by atoms with Gasteiger partial charge in [-0.3, -0.25) is 9.69 Å². The van der Waals surface area contributed by atoms with Crippen molar-refractivity contribution in [3.8, 4) is 0 Å². The third-order valence-corrected chi connectivity index (χ3v) is 4.45. The molecule has 0 atom stereocenters. The van der Waals surface area contributed by atoms with E-state index in [1.54, 1.807) is 0 Å². The molecule has 2 aromatic rings. The molecule has 1 saturated heterocycles. The summed E-state index contributed by atoms with van der Waals surface area (Å²) in [6.07, 6.45) is 1.68. The molecule has 142 valence electrons. The summed E-state index contributed by atoms with van der Waals surface area (Å²) in [6, 6.07) is 12.9. The largest absolute Gasteiger partial charge is 0.355 e. The number of hydrogen-bond acceptors (Lipinski definition) is 2. The number of hydrogen-bond donors (Lipinski definition) is 1. The highest BCUT2D eigenvalue weighted by Gasteiger charge is 2.31. The number of aryl methyl sites for hydroxylation is 1. The number of amides is 3. The minimum atomic E-state index is -1.00. The van der Waals surface area contributed by atoms with Gasteiger partial charge in [-0.25, -0.2) is 13.6 Å². The van der Waals surface area contributed by atoms with Crippen LogP contribution in [0.3, 0.4) is 0 Å². The lowest BCUT2D eigenvalue weighted by molar-refractivity contribution is -0.121. The third kappa shape index (κ3) is 4.81. The Labute approximate surface area is 156 Å². The zero-order chi connectivity index (χ0) is 19.2. The highest BCUT2D eigenvalue weighted by Crippen LogP contribution is 2.22. The summed E-state index contributed by atoms with van der Waals surface area (Å²) in [5.74, 6) is -2.20. The second kappa shape index (κ2) is 8.62. The first kappa shape index (κ1) is 18.8. The van der Waals surface area contributed by atoms with Crippen LogP contribution in [0, 0.1) is 11.6 Å². The van der Waals surface area contributed by atoms with Gasteiger partial charge in [-0.15, -0.1) is 0 Å². The van der Waals surface area contributed by atoms with Crippen molar-refractivity contribution in [1.29, 1.82) is 0 Å². The van der Waals surface area contributed by atoms with Crippen LogP contribution in [0.5, 0.6) is 0 Å². The smallest absolute Gasteiger partial charge is 0.325 e. The van der Waals surface area contributed by atoms with Gasteiger partial charge in [-0.2, -0.15) is 0 Å². The van der Waals surface area contributed by atoms with Gasteiger partial charge in [0.15, 0.2) is 11.6 Å². The first-order chi connectivity index (χ1) is 13.0. The van der Waals surface area contributed by atoms with Gasteiger partial charge in [0.25, 0.3) is 0 Å². The molecule has 0 aliphatic carbocycles. The van der Waals surface area contributed by atoms with Gasteiger partial charge in [0.05, 0.1) is 0 Å². The maximum absolute atomic E-state index is 13.4. The van der Waals surface area contributed by atoms with Crippen LogP contribution in [-0.4, -0.2) is 43.0 Å². The van der Waals surface area contributed by atoms with Crippen LogP contribution in [0.4, 0.5) is 19.3 Å². The summed E-state index contributed by atoms with van der Waals surface area (Å²) in [4.78, 5) is 27.2. The summed E-state index contributed by atoms with van der Waals surface area (Å²) in [7, 11) is 0. The lowest BCUT2D eigenvalue weighted by Gasteiger charge is -2.18. The fraction of sp³-hybridized carbons (Fsp3) is 0.300. The van der Waals surface area contributed by atoms with E-state index in [2.05, 4.69) is 5.32 Å². The van der Waals surface area contributed by atoms with Crippen molar-refractivity contribution in [3.63, 3.8) is 0 Å². The Morgan fingerprint density at radius 2 is 1.81 bits per heavy atom. The van der Waals surface area contributed by atoms with Crippen LogP contribution >= 0.6 is 0 Å². The first-order valence-electron chi connectivity index (χ1n) is 8.87. The summed E-state index contributed by atoms with van der Waals surface area (Å²) in [5.41, 5.74) is 1.49. The Bertz CT molecular complexity index is 814. The topological polar surface area (TPSA) is 52.7 Å². The molecule has 0 unspecified atom stereocenters. The molecule has 0 saturated carbocycles. The van der Waals surface area contributed by atoms with Crippen molar-refractivity contribution in [2.45, 2.75) is 12.8 Å². The molecule has 2 aromatic carbocycles. The Morgan fingerprint density at radius 1 is 1.04 bits per heavy atom. The minimum absolute atomic E-state index is 0.0512. The third-order valence-electron chi connectivity index (χ3n) is 4.45. The number of anilines is 1. The number of nitrogens with one attached hydrogen (secondary N) is 1. The molecule has 0 spiro atoms. The van der Waals surface area contributed by atoms with E-state index in [0.717, 1.165) is 25.0 Å². The Kier molecular flexibility index (Phi) is 6.01. The van der Waals surface area contributed by atoms with Crippen molar-refractivity contribution >= 4 is 17.6 Å². The number of carbonyl (C=O) groups excluding carboxylic acids is 2. The maximum Gasteiger partial charge on any atom is 0.325 e. The number of benzene rings is 2. The van der Waals surface area contributed by atoms with Gasteiger partial charge < -0.3 is 10.2 Å². The maximum atomic E-state index is 13.4. The van der Waals surface area contributed by atoms with Gasteiger partial charge >= 0.3 is 6.03 Å². The lowest BCUT2D eigenvalue weighted by atomic mass is 10.1. The Hall–Kier alpha value is -2.96. The minimum Gasteiger partial charge on any atom is -0.355 e.